The van der Waals surface area contributed by atoms with Crippen molar-refractivity contribution >= 4 is 11.0 Å². The molecule has 0 unspecified atom stereocenters. The van der Waals surface area contributed by atoms with Crippen molar-refractivity contribution in [2.75, 3.05) is 7.05 Å². The Balaban J connectivity index is 1.52. The zero-order valence-corrected chi connectivity index (χ0v) is 22.7. The lowest BCUT2D eigenvalue weighted by molar-refractivity contribution is -0.0529. The average molecular weight is 566 g/mol. The van der Waals surface area contributed by atoms with Gasteiger partial charge in [-0.1, -0.05) is 6.07 Å². The SMILES string of the molecule is CN1Cc2c(-c3nnn(C)n3)cc(F)c(OC(F)F)c2Cn2c(nc3ccc(-c4cnc(C(C)(C)O)nc4)cc32)C1. The zero-order chi connectivity index (χ0) is 29.1. The molecule has 41 heavy (non-hydrogen) atoms. The minimum Gasteiger partial charge on any atom is -0.431 e. The molecule has 3 aromatic heterocycles. The summed E-state index contributed by atoms with van der Waals surface area (Å²) < 4.78 is 49.0. The first kappa shape index (κ1) is 26.8. The highest BCUT2D eigenvalue weighted by atomic mass is 19.3. The molecule has 1 N–H and O–H groups in total. The third kappa shape index (κ3) is 5.00. The summed E-state index contributed by atoms with van der Waals surface area (Å²) in [5.41, 5.74) is 2.83. The smallest absolute Gasteiger partial charge is 0.387 e. The van der Waals surface area contributed by atoms with Crippen LogP contribution >= 0.6 is 0 Å². The van der Waals surface area contributed by atoms with Gasteiger partial charge in [0.1, 0.15) is 11.4 Å². The fourth-order valence-electron chi connectivity index (χ4n) is 5.05. The van der Waals surface area contributed by atoms with E-state index in [1.807, 2.05) is 34.7 Å². The topological polar surface area (TPSA) is 120 Å². The molecule has 0 amide bonds. The van der Waals surface area contributed by atoms with Gasteiger partial charge >= 0.3 is 6.61 Å². The number of fused-ring (bicyclic) bond motifs is 4. The molecule has 0 atom stereocenters. The van der Waals surface area contributed by atoms with Crippen molar-refractivity contribution in [1.29, 1.82) is 0 Å². The van der Waals surface area contributed by atoms with Crippen molar-refractivity contribution in [2.24, 2.45) is 7.05 Å². The van der Waals surface area contributed by atoms with E-state index in [1.54, 1.807) is 33.3 Å². The molecule has 0 saturated carbocycles. The predicted molar refractivity (Wildman–Crippen MR) is 141 cm³/mol. The van der Waals surface area contributed by atoms with Gasteiger partial charge in [-0.3, -0.25) is 4.90 Å². The van der Waals surface area contributed by atoms with Crippen LogP contribution in [0.1, 0.15) is 36.6 Å². The first-order valence-electron chi connectivity index (χ1n) is 12.7. The maximum atomic E-state index is 15.4. The minimum absolute atomic E-state index is 0.0136. The van der Waals surface area contributed by atoms with Crippen LogP contribution in [-0.2, 0) is 32.3 Å². The number of rotatable bonds is 5. The molecular weight excluding hydrogens is 539 g/mol. The molecule has 4 heterocycles. The summed E-state index contributed by atoms with van der Waals surface area (Å²) in [6.07, 6.45) is 3.25. The molecular formula is C27H26F3N9O2. The Labute approximate surface area is 232 Å². The molecule has 212 valence electrons. The molecule has 1 aliphatic heterocycles. The highest BCUT2D eigenvalue weighted by Gasteiger charge is 2.29. The number of alkyl halides is 2. The number of hydrogen-bond acceptors (Lipinski definition) is 9. The van der Waals surface area contributed by atoms with Gasteiger partial charge in [0.25, 0.3) is 0 Å². The number of aromatic nitrogens is 8. The summed E-state index contributed by atoms with van der Waals surface area (Å²) in [5, 5.41) is 22.3. The first-order valence-corrected chi connectivity index (χ1v) is 12.7. The van der Waals surface area contributed by atoms with Gasteiger partial charge in [-0.2, -0.15) is 13.6 Å². The lowest BCUT2D eigenvalue weighted by atomic mass is 9.97. The first-order chi connectivity index (χ1) is 19.5. The number of aryl methyl sites for hydroxylation is 1. The lowest BCUT2D eigenvalue weighted by Crippen LogP contribution is -2.26. The monoisotopic (exact) mass is 565 g/mol. The number of nitrogens with zero attached hydrogens (tertiary/aromatic N) is 9. The molecule has 0 bridgehead atoms. The fraction of sp³-hybridized carbons (Fsp3) is 0.333. The van der Waals surface area contributed by atoms with E-state index in [2.05, 4.69) is 25.4 Å². The van der Waals surface area contributed by atoms with Crippen LogP contribution in [0.3, 0.4) is 0 Å². The second kappa shape index (κ2) is 9.89. The lowest BCUT2D eigenvalue weighted by Gasteiger charge is -2.27. The van der Waals surface area contributed by atoms with E-state index in [1.165, 1.54) is 4.80 Å². The van der Waals surface area contributed by atoms with Crippen molar-refractivity contribution in [3.05, 3.63) is 65.3 Å². The van der Waals surface area contributed by atoms with Crippen LogP contribution < -0.4 is 4.74 Å². The Morgan fingerprint density at radius 2 is 1.76 bits per heavy atom. The van der Waals surface area contributed by atoms with E-state index in [-0.39, 0.29) is 24.5 Å². The molecule has 14 heteroatoms. The van der Waals surface area contributed by atoms with Crippen LogP contribution in [-0.4, -0.2) is 63.4 Å². The van der Waals surface area contributed by atoms with Gasteiger partial charge in [-0.05, 0) is 55.4 Å². The molecule has 1 aliphatic rings. The maximum Gasteiger partial charge on any atom is 0.387 e. The van der Waals surface area contributed by atoms with Gasteiger partial charge < -0.3 is 14.4 Å². The van der Waals surface area contributed by atoms with Crippen LogP contribution in [0, 0.1) is 5.82 Å². The van der Waals surface area contributed by atoms with E-state index in [0.717, 1.165) is 11.6 Å². The number of halogens is 3. The maximum absolute atomic E-state index is 15.4. The minimum atomic E-state index is -3.23. The van der Waals surface area contributed by atoms with E-state index in [9.17, 15) is 13.9 Å². The molecule has 0 saturated heterocycles. The highest BCUT2D eigenvalue weighted by molar-refractivity contribution is 5.83. The second-order valence-electron chi connectivity index (χ2n) is 10.5. The van der Waals surface area contributed by atoms with Crippen molar-refractivity contribution in [1.82, 2.24) is 44.6 Å². The molecule has 2 aromatic carbocycles. The van der Waals surface area contributed by atoms with Crippen LogP contribution in [0.25, 0.3) is 33.5 Å². The highest BCUT2D eigenvalue weighted by Crippen LogP contribution is 2.38. The molecule has 6 rings (SSSR count). The number of ether oxygens (including phenoxy) is 1. The van der Waals surface area contributed by atoms with Gasteiger partial charge in [0.15, 0.2) is 17.4 Å². The molecule has 11 nitrogen and oxygen atoms in total. The molecule has 0 aliphatic carbocycles. The third-order valence-corrected chi connectivity index (χ3v) is 6.92. The van der Waals surface area contributed by atoms with Gasteiger partial charge in [0.2, 0.25) is 5.82 Å². The molecule has 0 spiro atoms. The van der Waals surface area contributed by atoms with Crippen LogP contribution in [0.4, 0.5) is 13.2 Å². The predicted octanol–water partition coefficient (Wildman–Crippen LogP) is 3.65. The fourth-order valence-corrected chi connectivity index (χ4v) is 5.05. The van der Waals surface area contributed by atoms with Crippen LogP contribution in [0.5, 0.6) is 5.75 Å². The second-order valence-corrected chi connectivity index (χ2v) is 10.5. The van der Waals surface area contributed by atoms with Gasteiger partial charge in [0.05, 0.1) is 31.2 Å². The summed E-state index contributed by atoms with van der Waals surface area (Å²) >= 11 is 0. The van der Waals surface area contributed by atoms with Crippen LogP contribution in [0.15, 0.2) is 36.7 Å². The Morgan fingerprint density at radius 1 is 1.00 bits per heavy atom. The third-order valence-electron chi connectivity index (χ3n) is 6.92. The Morgan fingerprint density at radius 3 is 2.41 bits per heavy atom. The standard InChI is InChI=1S/C27H26F3N9O2/c1-27(2,40)25-31-9-15(10-32-25)14-5-6-20-21(7-14)39-12-18-17(11-37(3)13-22(39)33-20)16(24-34-36-38(4)35-24)8-19(28)23(18)41-26(29)30/h5-10,26,40H,11-13H2,1-4H3. The zero-order valence-electron chi connectivity index (χ0n) is 22.7. The summed E-state index contributed by atoms with van der Waals surface area (Å²) in [7, 11) is 3.44. The Hall–Kier alpha value is -4.43. The summed E-state index contributed by atoms with van der Waals surface area (Å²) in [6.45, 7) is 0.709. The number of benzene rings is 2. The number of tetrazole rings is 1. The van der Waals surface area contributed by atoms with E-state index in [0.29, 0.717) is 45.9 Å². The summed E-state index contributed by atoms with van der Waals surface area (Å²) in [4.78, 5) is 16.6. The summed E-state index contributed by atoms with van der Waals surface area (Å²) in [6, 6.07) is 6.75. The Bertz CT molecular complexity index is 1760. The van der Waals surface area contributed by atoms with E-state index < -0.39 is 23.8 Å². The van der Waals surface area contributed by atoms with Crippen LogP contribution in [0.2, 0.25) is 0 Å². The number of aliphatic hydroxyl groups is 1. The quantitative estimate of drug-likeness (QED) is 0.341. The van der Waals surface area contributed by atoms with E-state index in [4.69, 9.17) is 9.72 Å². The van der Waals surface area contributed by atoms with Crippen molar-refractivity contribution in [3.8, 4) is 28.3 Å². The van der Waals surface area contributed by atoms with E-state index >= 15 is 4.39 Å². The van der Waals surface area contributed by atoms with Gasteiger partial charge in [0, 0.05) is 35.6 Å². The molecule has 5 aromatic rings. The normalized spacial score (nSPS) is 14.2. The van der Waals surface area contributed by atoms with Gasteiger partial charge in [-0.25, -0.2) is 19.3 Å². The average Bonchev–Trinajstić information content (AvgIpc) is 3.48. The van der Waals surface area contributed by atoms with Gasteiger partial charge in [-0.15, -0.1) is 10.2 Å². The number of imidazole rings is 1. The molecule has 0 fully saturated rings. The summed E-state index contributed by atoms with van der Waals surface area (Å²) in [5.74, 6) is -0.348. The Kier molecular flexibility index (Phi) is 6.46. The largest absolute Gasteiger partial charge is 0.431 e. The molecule has 0 radical (unpaired) electrons. The number of hydrogen-bond donors (Lipinski definition) is 1. The van der Waals surface area contributed by atoms with Crippen molar-refractivity contribution in [3.63, 3.8) is 0 Å². The van der Waals surface area contributed by atoms with Crippen molar-refractivity contribution in [2.45, 2.75) is 45.7 Å². The van der Waals surface area contributed by atoms with Crippen molar-refractivity contribution < 1.29 is 23.0 Å².